The first-order chi connectivity index (χ1) is 12.7. The van der Waals surface area contributed by atoms with E-state index in [1.54, 1.807) is 11.3 Å². The summed E-state index contributed by atoms with van der Waals surface area (Å²) in [7, 11) is 0. The molecular weight excluding hydrogens is 364 g/mol. The molecule has 4 nitrogen and oxygen atoms in total. The van der Waals surface area contributed by atoms with Crippen LogP contribution in [0, 0.1) is 5.92 Å². The summed E-state index contributed by atoms with van der Waals surface area (Å²) in [5.41, 5.74) is 1.02. The SMILES string of the molecule is CCc1ccc(C(c2nc3ccccc3s2)N2CCCC(C(=O)O)C2)s1. The highest BCUT2D eigenvalue weighted by Gasteiger charge is 2.33. The molecular formula is C20H22N2O2S2. The summed E-state index contributed by atoms with van der Waals surface area (Å²) in [6, 6.07) is 12.7. The Morgan fingerprint density at radius 1 is 1.31 bits per heavy atom. The van der Waals surface area contributed by atoms with Gasteiger partial charge in [0, 0.05) is 16.3 Å². The second-order valence-corrected chi connectivity index (χ2v) is 9.01. The van der Waals surface area contributed by atoms with Crippen LogP contribution in [0.4, 0.5) is 0 Å². The zero-order valence-corrected chi connectivity index (χ0v) is 16.4. The van der Waals surface area contributed by atoms with Crippen molar-refractivity contribution in [1.82, 2.24) is 9.88 Å². The molecule has 0 spiro atoms. The molecule has 1 aliphatic heterocycles. The molecule has 0 aliphatic carbocycles. The summed E-state index contributed by atoms with van der Waals surface area (Å²) in [5, 5.41) is 10.6. The van der Waals surface area contributed by atoms with Gasteiger partial charge in [-0.05, 0) is 50.1 Å². The maximum absolute atomic E-state index is 11.5. The maximum atomic E-state index is 11.5. The Balaban J connectivity index is 1.74. The van der Waals surface area contributed by atoms with Gasteiger partial charge in [-0.15, -0.1) is 22.7 Å². The first-order valence-corrected chi connectivity index (χ1v) is 10.7. The highest BCUT2D eigenvalue weighted by Crippen LogP contribution is 2.39. The molecule has 0 amide bonds. The molecule has 2 unspecified atom stereocenters. The van der Waals surface area contributed by atoms with E-state index >= 15 is 0 Å². The molecule has 0 saturated carbocycles. The number of hydrogen-bond donors (Lipinski definition) is 1. The molecule has 4 rings (SSSR count). The number of piperidine rings is 1. The highest BCUT2D eigenvalue weighted by molar-refractivity contribution is 7.19. The zero-order valence-electron chi connectivity index (χ0n) is 14.7. The third-order valence-electron chi connectivity index (χ3n) is 5.01. The van der Waals surface area contributed by atoms with Gasteiger partial charge < -0.3 is 5.11 Å². The number of aryl methyl sites for hydroxylation is 1. The second kappa shape index (κ2) is 7.47. The van der Waals surface area contributed by atoms with E-state index in [0.29, 0.717) is 6.54 Å². The summed E-state index contributed by atoms with van der Waals surface area (Å²) < 4.78 is 1.19. The van der Waals surface area contributed by atoms with Crippen molar-refractivity contribution in [2.75, 3.05) is 13.1 Å². The predicted octanol–water partition coefficient (Wildman–Crippen LogP) is 4.81. The van der Waals surface area contributed by atoms with Crippen LogP contribution in [0.25, 0.3) is 10.2 Å². The Kier molecular flexibility index (Phi) is 5.07. The van der Waals surface area contributed by atoms with Crippen LogP contribution in [0.2, 0.25) is 0 Å². The van der Waals surface area contributed by atoms with E-state index in [9.17, 15) is 9.90 Å². The van der Waals surface area contributed by atoms with Crippen molar-refractivity contribution in [1.29, 1.82) is 0 Å². The van der Waals surface area contributed by atoms with Gasteiger partial charge in [-0.2, -0.15) is 0 Å². The standard InChI is InChI=1S/C20H22N2O2S2/c1-2-14-9-10-17(25-14)18(22-11-5-6-13(12-22)20(23)24)19-21-15-7-3-4-8-16(15)26-19/h3-4,7-10,13,18H,2,5-6,11-12H2,1H3,(H,23,24). The fourth-order valence-electron chi connectivity index (χ4n) is 3.64. The predicted molar refractivity (Wildman–Crippen MR) is 107 cm³/mol. The normalized spacial score (nSPS) is 19.7. The van der Waals surface area contributed by atoms with Gasteiger partial charge in [-0.1, -0.05) is 19.1 Å². The number of para-hydroxylation sites is 1. The Morgan fingerprint density at radius 3 is 2.88 bits per heavy atom. The fourth-order valence-corrected chi connectivity index (χ4v) is 5.93. The number of nitrogens with zero attached hydrogens (tertiary/aromatic N) is 2. The van der Waals surface area contributed by atoms with Crippen LogP contribution in [0.5, 0.6) is 0 Å². The van der Waals surface area contributed by atoms with E-state index in [1.807, 2.05) is 23.5 Å². The smallest absolute Gasteiger partial charge is 0.307 e. The molecule has 6 heteroatoms. The molecule has 1 N–H and O–H groups in total. The van der Waals surface area contributed by atoms with Crippen LogP contribution < -0.4 is 0 Å². The van der Waals surface area contributed by atoms with E-state index in [-0.39, 0.29) is 12.0 Å². The number of thiophene rings is 1. The molecule has 1 saturated heterocycles. The average Bonchev–Trinajstić information content (AvgIpc) is 3.29. The van der Waals surface area contributed by atoms with E-state index in [1.165, 1.54) is 14.5 Å². The highest BCUT2D eigenvalue weighted by atomic mass is 32.1. The summed E-state index contributed by atoms with van der Waals surface area (Å²) in [4.78, 5) is 21.4. The van der Waals surface area contributed by atoms with Gasteiger partial charge in [0.05, 0.1) is 22.2 Å². The lowest BCUT2D eigenvalue weighted by atomic mass is 9.96. The quantitative estimate of drug-likeness (QED) is 0.684. The molecule has 136 valence electrons. The third-order valence-corrected chi connectivity index (χ3v) is 7.38. The van der Waals surface area contributed by atoms with Gasteiger partial charge in [0.1, 0.15) is 5.01 Å². The number of likely N-dealkylation sites (tertiary alicyclic amines) is 1. The number of carbonyl (C=O) groups is 1. The number of rotatable bonds is 5. The average molecular weight is 387 g/mol. The van der Waals surface area contributed by atoms with Crippen molar-refractivity contribution in [3.63, 3.8) is 0 Å². The minimum absolute atomic E-state index is 0.0554. The number of thiazole rings is 1. The van der Waals surface area contributed by atoms with Crippen LogP contribution in [-0.4, -0.2) is 34.0 Å². The number of carboxylic acids is 1. The second-order valence-electron chi connectivity index (χ2n) is 6.75. The minimum Gasteiger partial charge on any atom is -0.481 e. The summed E-state index contributed by atoms with van der Waals surface area (Å²) in [5.74, 6) is -0.968. The van der Waals surface area contributed by atoms with E-state index in [0.717, 1.165) is 36.3 Å². The number of fused-ring (bicyclic) bond motifs is 1. The first kappa shape index (κ1) is 17.6. The molecule has 1 aliphatic rings. The van der Waals surface area contributed by atoms with Gasteiger partial charge in [0.15, 0.2) is 0 Å². The number of aliphatic carboxylic acids is 1. The molecule has 2 atom stereocenters. The van der Waals surface area contributed by atoms with Crippen LogP contribution >= 0.6 is 22.7 Å². The van der Waals surface area contributed by atoms with Gasteiger partial charge in [0.25, 0.3) is 0 Å². The van der Waals surface area contributed by atoms with Gasteiger partial charge in [-0.3, -0.25) is 9.69 Å². The van der Waals surface area contributed by atoms with Crippen molar-refractivity contribution in [3.8, 4) is 0 Å². The number of hydrogen-bond acceptors (Lipinski definition) is 5. The number of aromatic nitrogens is 1. The molecule has 0 radical (unpaired) electrons. The largest absolute Gasteiger partial charge is 0.481 e. The summed E-state index contributed by atoms with van der Waals surface area (Å²) in [6.07, 6.45) is 2.71. The number of benzene rings is 1. The molecule has 3 heterocycles. The maximum Gasteiger partial charge on any atom is 0.307 e. The van der Waals surface area contributed by atoms with Crippen LogP contribution in [-0.2, 0) is 11.2 Å². The zero-order chi connectivity index (χ0) is 18.1. The van der Waals surface area contributed by atoms with Crippen molar-refractivity contribution in [2.24, 2.45) is 5.92 Å². The molecule has 0 bridgehead atoms. The van der Waals surface area contributed by atoms with Crippen LogP contribution in [0.3, 0.4) is 0 Å². The lowest BCUT2D eigenvalue weighted by Crippen LogP contribution is -2.41. The molecule has 1 fully saturated rings. The van der Waals surface area contributed by atoms with Crippen LogP contribution in [0.15, 0.2) is 36.4 Å². The Morgan fingerprint density at radius 2 is 2.15 bits per heavy atom. The minimum atomic E-state index is -0.682. The monoisotopic (exact) mass is 386 g/mol. The summed E-state index contributed by atoms with van der Waals surface area (Å²) in [6.45, 7) is 3.68. The molecule has 1 aromatic carbocycles. The van der Waals surface area contributed by atoms with E-state index in [2.05, 4.69) is 36.1 Å². The molecule has 2 aromatic heterocycles. The third kappa shape index (κ3) is 3.41. The van der Waals surface area contributed by atoms with Gasteiger partial charge in [-0.25, -0.2) is 4.98 Å². The van der Waals surface area contributed by atoms with Gasteiger partial charge in [0.2, 0.25) is 0 Å². The molecule has 26 heavy (non-hydrogen) atoms. The van der Waals surface area contributed by atoms with Crippen molar-refractivity contribution in [3.05, 3.63) is 51.2 Å². The van der Waals surface area contributed by atoms with Crippen molar-refractivity contribution in [2.45, 2.75) is 32.2 Å². The van der Waals surface area contributed by atoms with Gasteiger partial charge >= 0.3 is 5.97 Å². The van der Waals surface area contributed by atoms with Crippen molar-refractivity contribution < 1.29 is 9.90 Å². The lowest BCUT2D eigenvalue weighted by Gasteiger charge is -2.35. The first-order valence-electron chi connectivity index (χ1n) is 9.06. The van der Waals surface area contributed by atoms with E-state index < -0.39 is 5.97 Å². The fraction of sp³-hybridized carbons (Fsp3) is 0.400. The number of carboxylic acid groups (broad SMARTS) is 1. The van der Waals surface area contributed by atoms with Crippen molar-refractivity contribution >= 4 is 38.9 Å². The Labute approximate surface area is 161 Å². The van der Waals surface area contributed by atoms with Crippen LogP contribution in [0.1, 0.15) is 40.6 Å². The Bertz CT molecular complexity index is 884. The molecule has 3 aromatic rings. The Hall–Kier alpha value is -1.76. The van der Waals surface area contributed by atoms with E-state index in [4.69, 9.17) is 4.98 Å². The lowest BCUT2D eigenvalue weighted by molar-refractivity contribution is -0.143. The summed E-state index contributed by atoms with van der Waals surface area (Å²) >= 11 is 3.55. The topological polar surface area (TPSA) is 53.4 Å².